The second-order valence-corrected chi connectivity index (χ2v) is 6.40. The maximum atomic E-state index is 12.1. The predicted molar refractivity (Wildman–Crippen MR) is 85.3 cm³/mol. The molecule has 1 aliphatic carbocycles. The molecular formula is C17H26N2O2. The molecule has 0 aromatic heterocycles. The number of hydrogen-bond donors (Lipinski definition) is 2. The average molecular weight is 290 g/mol. The number of nitrogens with one attached hydrogen (secondary N) is 1. The lowest BCUT2D eigenvalue weighted by atomic mass is 9.71. The van der Waals surface area contributed by atoms with E-state index in [2.05, 4.69) is 19.2 Å². The third kappa shape index (κ3) is 3.49. The van der Waals surface area contributed by atoms with Gasteiger partial charge in [0.15, 0.2) is 0 Å². The van der Waals surface area contributed by atoms with Gasteiger partial charge in [-0.1, -0.05) is 20.3 Å². The van der Waals surface area contributed by atoms with E-state index < -0.39 is 5.54 Å². The number of rotatable bonds is 5. The van der Waals surface area contributed by atoms with Gasteiger partial charge >= 0.3 is 0 Å². The summed E-state index contributed by atoms with van der Waals surface area (Å²) in [6.45, 7) is 4.43. The number of carbonyl (C=O) groups is 1. The van der Waals surface area contributed by atoms with Crippen LogP contribution in [0.5, 0.6) is 5.75 Å². The van der Waals surface area contributed by atoms with Crippen molar-refractivity contribution in [2.75, 3.05) is 12.4 Å². The molecule has 0 aliphatic heterocycles. The molecule has 2 rings (SSSR count). The number of nitrogens with two attached hydrogens (primary N) is 1. The summed E-state index contributed by atoms with van der Waals surface area (Å²) < 4.78 is 5.16. The Morgan fingerprint density at radius 3 is 2.57 bits per heavy atom. The maximum absolute atomic E-state index is 12.1. The Bertz CT molecular complexity index is 484. The molecule has 116 valence electrons. The number of amides is 1. The van der Waals surface area contributed by atoms with Crippen molar-refractivity contribution in [2.45, 2.75) is 45.1 Å². The van der Waals surface area contributed by atoms with E-state index >= 15 is 0 Å². The Kier molecular flexibility index (Phi) is 4.76. The number of benzene rings is 1. The SMILES string of the molecule is COc1ccc(NC2(C(N)=O)CCCC(C(C)C)C2)cc1. The molecule has 1 aliphatic rings. The van der Waals surface area contributed by atoms with Crippen LogP contribution in [-0.4, -0.2) is 18.6 Å². The fraction of sp³-hybridized carbons (Fsp3) is 0.588. The van der Waals surface area contributed by atoms with Gasteiger partial charge in [-0.25, -0.2) is 0 Å². The maximum Gasteiger partial charge on any atom is 0.243 e. The lowest BCUT2D eigenvalue weighted by Crippen LogP contribution is -2.53. The molecule has 0 bridgehead atoms. The first-order chi connectivity index (χ1) is 9.97. The first-order valence-electron chi connectivity index (χ1n) is 7.69. The zero-order chi connectivity index (χ0) is 15.5. The summed E-state index contributed by atoms with van der Waals surface area (Å²) >= 11 is 0. The Morgan fingerprint density at radius 1 is 1.38 bits per heavy atom. The molecule has 1 aromatic carbocycles. The van der Waals surface area contributed by atoms with Crippen LogP contribution in [0, 0.1) is 11.8 Å². The van der Waals surface area contributed by atoms with Gasteiger partial charge in [0.2, 0.25) is 5.91 Å². The van der Waals surface area contributed by atoms with Crippen molar-refractivity contribution in [3.8, 4) is 5.75 Å². The van der Waals surface area contributed by atoms with E-state index in [4.69, 9.17) is 10.5 Å². The lowest BCUT2D eigenvalue weighted by molar-refractivity contribution is -0.124. The van der Waals surface area contributed by atoms with Crippen molar-refractivity contribution in [3.63, 3.8) is 0 Å². The van der Waals surface area contributed by atoms with Crippen molar-refractivity contribution < 1.29 is 9.53 Å². The molecule has 2 unspecified atom stereocenters. The van der Waals surface area contributed by atoms with Gasteiger partial charge in [0.25, 0.3) is 0 Å². The van der Waals surface area contributed by atoms with E-state index in [1.807, 2.05) is 24.3 Å². The van der Waals surface area contributed by atoms with Gasteiger partial charge in [-0.15, -0.1) is 0 Å². The standard InChI is InChI=1S/C17H26N2O2/c1-12(2)13-5-4-10-17(11-13,16(18)20)19-14-6-8-15(21-3)9-7-14/h6-9,12-13,19H,4-5,10-11H2,1-3H3,(H2,18,20). The predicted octanol–water partition coefficient (Wildman–Crippen LogP) is 3.18. The normalized spacial score (nSPS) is 25.6. The average Bonchev–Trinajstić information content (AvgIpc) is 2.48. The van der Waals surface area contributed by atoms with Crippen LogP contribution in [0.2, 0.25) is 0 Å². The smallest absolute Gasteiger partial charge is 0.243 e. The molecule has 1 saturated carbocycles. The highest BCUT2D eigenvalue weighted by Crippen LogP contribution is 2.38. The number of carbonyl (C=O) groups excluding carboxylic acids is 1. The molecule has 0 radical (unpaired) electrons. The van der Waals surface area contributed by atoms with E-state index in [9.17, 15) is 4.79 Å². The highest BCUT2D eigenvalue weighted by atomic mass is 16.5. The minimum absolute atomic E-state index is 0.247. The van der Waals surface area contributed by atoms with Crippen LogP contribution < -0.4 is 15.8 Å². The van der Waals surface area contributed by atoms with Crippen molar-refractivity contribution >= 4 is 11.6 Å². The molecule has 21 heavy (non-hydrogen) atoms. The second-order valence-electron chi connectivity index (χ2n) is 6.40. The molecule has 3 N–H and O–H groups in total. The molecule has 2 atom stereocenters. The number of methoxy groups -OCH3 is 1. The lowest BCUT2D eigenvalue weighted by Gasteiger charge is -2.41. The zero-order valence-electron chi connectivity index (χ0n) is 13.2. The van der Waals surface area contributed by atoms with Gasteiger partial charge in [-0.05, 0) is 55.4 Å². The van der Waals surface area contributed by atoms with Crippen molar-refractivity contribution in [1.29, 1.82) is 0 Å². The van der Waals surface area contributed by atoms with E-state index in [1.54, 1.807) is 7.11 Å². The van der Waals surface area contributed by atoms with Gasteiger partial charge in [0, 0.05) is 5.69 Å². The summed E-state index contributed by atoms with van der Waals surface area (Å²) in [5, 5.41) is 3.40. The fourth-order valence-corrected chi connectivity index (χ4v) is 3.24. The largest absolute Gasteiger partial charge is 0.497 e. The molecular weight excluding hydrogens is 264 g/mol. The Labute approximate surface area is 127 Å². The summed E-state index contributed by atoms with van der Waals surface area (Å²) in [5.41, 5.74) is 6.03. The number of primary amides is 1. The molecule has 1 amide bonds. The quantitative estimate of drug-likeness (QED) is 0.875. The van der Waals surface area contributed by atoms with Crippen LogP contribution in [0.1, 0.15) is 39.5 Å². The van der Waals surface area contributed by atoms with Crippen molar-refractivity contribution in [3.05, 3.63) is 24.3 Å². The first-order valence-corrected chi connectivity index (χ1v) is 7.69. The Balaban J connectivity index is 2.19. The van der Waals surface area contributed by atoms with Crippen LogP contribution in [0.25, 0.3) is 0 Å². The first kappa shape index (κ1) is 15.7. The molecule has 0 saturated heterocycles. The van der Waals surface area contributed by atoms with Crippen LogP contribution in [0.4, 0.5) is 5.69 Å². The molecule has 0 heterocycles. The van der Waals surface area contributed by atoms with E-state index in [0.29, 0.717) is 11.8 Å². The summed E-state index contributed by atoms with van der Waals surface area (Å²) in [5.74, 6) is 1.67. The van der Waals surface area contributed by atoms with Gasteiger partial charge in [-0.2, -0.15) is 0 Å². The second kappa shape index (κ2) is 6.37. The van der Waals surface area contributed by atoms with Crippen LogP contribution in [0.15, 0.2) is 24.3 Å². The summed E-state index contributed by atoms with van der Waals surface area (Å²) in [4.78, 5) is 12.1. The topological polar surface area (TPSA) is 64.3 Å². The highest BCUT2D eigenvalue weighted by molar-refractivity contribution is 5.88. The van der Waals surface area contributed by atoms with Gasteiger partial charge < -0.3 is 15.8 Å². The minimum Gasteiger partial charge on any atom is -0.497 e. The Hall–Kier alpha value is -1.71. The van der Waals surface area contributed by atoms with E-state index in [-0.39, 0.29) is 5.91 Å². The summed E-state index contributed by atoms with van der Waals surface area (Å²) in [6, 6.07) is 7.64. The van der Waals surface area contributed by atoms with E-state index in [1.165, 1.54) is 6.42 Å². The van der Waals surface area contributed by atoms with Crippen molar-refractivity contribution in [2.24, 2.45) is 17.6 Å². The third-order valence-electron chi connectivity index (χ3n) is 4.68. The van der Waals surface area contributed by atoms with Crippen LogP contribution in [-0.2, 0) is 4.79 Å². The number of hydrogen-bond acceptors (Lipinski definition) is 3. The number of anilines is 1. The molecule has 4 heteroatoms. The molecule has 4 nitrogen and oxygen atoms in total. The van der Waals surface area contributed by atoms with Gasteiger partial charge in [-0.3, -0.25) is 4.79 Å². The van der Waals surface area contributed by atoms with Crippen molar-refractivity contribution in [1.82, 2.24) is 0 Å². The van der Waals surface area contributed by atoms with Crippen LogP contribution >= 0.6 is 0 Å². The highest BCUT2D eigenvalue weighted by Gasteiger charge is 2.42. The minimum atomic E-state index is -0.623. The van der Waals surface area contributed by atoms with Gasteiger partial charge in [0.1, 0.15) is 11.3 Å². The molecule has 1 fully saturated rings. The summed E-state index contributed by atoms with van der Waals surface area (Å²) in [7, 11) is 1.64. The van der Waals surface area contributed by atoms with Gasteiger partial charge in [0.05, 0.1) is 7.11 Å². The zero-order valence-corrected chi connectivity index (χ0v) is 13.2. The Morgan fingerprint density at radius 2 is 2.05 bits per heavy atom. The molecule has 1 aromatic rings. The third-order valence-corrected chi connectivity index (χ3v) is 4.68. The molecule has 0 spiro atoms. The van der Waals surface area contributed by atoms with E-state index in [0.717, 1.165) is 30.7 Å². The monoisotopic (exact) mass is 290 g/mol. The van der Waals surface area contributed by atoms with Crippen LogP contribution in [0.3, 0.4) is 0 Å². The summed E-state index contributed by atoms with van der Waals surface area (Å²) in [6.07, 6.45) is 3.83. The fourth-order valence-electron chi connectivity index (χ4n) is 3.24. The number of ether oxygens (including phenoxy) is 1.